The van der Waals surface area contributed by atoms with Crippen LogP contribution in [0.1, 0.15) is 35.2 Å². The van der Waals surface area contributed by atoms with Crippen LogP contribution in [0, 0.1) is 12.8 Å². The molecule has 1 N–H and O–H groups in total. The Morgan fingerprint density at radius 1 is 1.39 bits per heavy atom. The largest absolute Gasteiger partial charge is 0.324 e. The zero-order chi connectivity index (χ0) is 22.3. The highest BCUT2D eigenvalue weighted by Gasteiger charge is 2.25. The van der Waals surface area contributed by atoms with Crippen LogP contribution >= 0.6 is 22.9 Å². The van der Waals surface area contributed by atoms with Gasteiger partial charge < -0.3 is 10.2 Å². The van der Waals surface area contributed by atoms with E-state index < -0.39 is 0 Å². The number of carbonyl (C=O) groups is 1. The third-order valence-electron chi connectivity index (χ3n) is 5.73. The number of nitrogens with one attached hydrogen (secondary N) is 1. The van der Waals surface area contributed by atoms with Crippen molar-refractivity contribution in [3.8, 4) is 0 Å². The highest BCUT2D eigenvalue weighted by atomic mass is 35.5. The maximum absolute atomic E-state index is 13.6. The lowest BCUT2D eigenvalue weighted by Crippen LogP contribution is -2.33. The van der Waals surface area contributed by atoms with E-state index in [0.717, 1.165) is 35.2 Å². The minimum absolute atomic E-state index is 0.0854. The molecule has 6 nitrogen and oxygen atoms in total. The van der Waals surface area contributed by atoms with Gasteiger partial charge in [-0.05, 0) is 69.5 Å². The van der Waals surface area contributed by atoms with Gasteiger partial charge in [-0.15, -0.1) is 11.3 Å². The first kappa shape index (κ1) is 22.0. The summed E-state index contributed by atoms with van der Waals surface area (Å²) in [6, 6.07) is 5.36. The fraction of sp³-hybridized carbons (Fsp3) is 0.435. The summed E-state index contributed by atoms with van der Waals surface area (Å²) < 4.78 is 1.53. The molecule has 0 aliphatic heterocycles. The van der Waals surface area contributed by atoms with Gasteiger partial charge in [-0.3, -0.25) is 14.2 Å². The Hall–Kier alpha value is -2.22. The van der Waals surface area contributed by atoms with Crippen LogP contribution in [0.5, 0.6) is 0 Å². The number of anilines is 1. The monoisotopic (exact) mass is 458 g/mol. The zero-order valence-electron chi connectivity index (χ0n) is 18.3. The summed E-state index contributed by atoms with van der Waals surface area (Å²) in [6.45, 7) is 4.55. The van der Waals surface area contributed by atoms with Gasteiger partial charge in [0.2, 0.25) is 5.91 Å². The van der Waals surface area contributed by atoms with Crippen molar-refractivity contribution in [3.63, 3.8) is 0 Å². The summed E-state index contributed by atoms with van der Waals surface area (Å²) in [5.41, 5.74) is 2.57. The van der Waals surface area contributed by atoms with Crippen LogP contribution in [0.15, 0.2) is 23.0 Å². The quantitative estimate of drug-likeness (QED) is 0.620. The molecule has 4 rings (SSSR count). The first-order valence-electron chi connectivity index (χ1n) is 10.5. The highest BCUT2D eigenvalue weighted by molar-refractivity contribution is 7.18. The Kier molecular flexibility index (Phi) is 6.19. The number of halogens is 1. The lowest BCUT2D eigenvalue weighted by Gasteiger charge is -2.18. The molecule has 1 atom stereocenters. The minimum Gasteiger partial charge on any atom is -0.324 e. The second-order valence-corrected chi connectivity index (χ2v) is 10.2. The lowest BCUT2D eigenvalue weighted by molar-refractivity contribution is -0.116. The number of aromatic nitrogens is 2. The fourth-order valence-electron chi connectivity index (χ4n) is 4.09. The molecule has 8 heteroatoms. The number of rotatable bonds is 5. The summed E-state index contributed by atoms with van der Waals surface area (Å²) in [5.74, 6) is 0.953. The summed E-state index contributed by atoms with van der Waals surface area (Å²) in [5, 5.41) is 4.14. The van der Waals surface area contributed by atoms with E-state index in [1.807, 2.05) is 32.0 Å². The Balaban J connectivity index is 1.74. The van der Waals surface area contributed by atoms with Gasteiger partial charge in [-0.2, -0.15) is 0 Å². The SMILES string of the molecule is Cc1ccc(Cl)cc1NC(=O)Cn1c(CN(C)C)nc2sc3c(c2c1=O)CCC(C)C3. The molecule has 0 radical (unpaired) electrons. The van der Waals surface area contributed by atoms with Crippen LogP contribution in [-0.4, -0.2) is 34.5 Å². The third-order valence-corrected chi connectivity index (χ3v) is 7.11. The van der Waals surface area contributed by atoms with Crippen LogP contribution in [0.25, 0.3) is 10.2 Å². The van der Waals surface area contributed by atoms with Gasteiger partial charge in [0.05, 0.1) is 11.9 Å². The van der Waals surface area contributed by atoms with Crippen molar-refractivity contribution in [2.75, 3.05) is 19.4 Å². The van der Waals surface area contributed by atoms with Gasteiger partial charge in [0.15, 0.2) is 0 Å². The van der Waals surface area contributed by atoms with Crippen LogP contribution in [0.2, 0.25) is 5.02 Å². The molecule has 1 aliphatic carbocycles. The van der Waals surface area contributed by atoms with E-state index in [1.165, 1.54) is 9.44 Å². The lowest BCUT2D eigenvalue weighted by atomic mass is 9.89. The van der Waals surface area contributed by atoms with E-state index in [1.54, 1.807) is 23.5 Å². The molecule has 1 unspecified atom stereocenters. The number of nitrogens with zero attached hydrogens (tertiary/aromatic N) is 3. The number of benzene rings is 1. The van der Waals surface area contributed by atoms with Crippen molar-refractivity contribution >= 4 is 44.7 Å². The molecule has 1 aromatic carbocycles. The second-order valence-electron chi connectivity index (χ2n) is 8.70. The normalized spacial score (nSPS) is 16.0. The van der Waals surface area contributed by atoms with E-state index in [0.29, 0.717) is 34.4 Å². The maximum Gasteiger partial charge on any atom is 0.263 e. The van der Waals surface area contributed by atoms with Crippen LogP contribution in [0.4, 0.5) is 5.69 Å². The fourth-order valence-corrected chi connectivity index (χ4v) is 5.66. The summed E-state index contributed by atoms with van der Waals surface area (Å²) in [7, 11) is 3.86. The Morgan fingerprint density at radius 2 is 2.16 bits per heavy atom. The Bertz CT molecular complexity index is 1210. The summed E-state index contributed by atoms with van der Waals surface area (Å²) >= 11 is 7.71. The van der Waals surface area contributed by atoms with Gasteiger partial charge >= 0.3 is 0 Å². The highest BCUT2D eigenvalue weighted by Crippen LogP contribution is 2.36. The van der Waals surface area contributed by atoms with Gasteiger partial charge in [-0.25, -0.2) is 4.98 Å². The number of amides is 1. The zero-order valence-corrected chi connectivity index (χ0v) is 19.9. The number of aryl methyl sites for hydroxylation is 2. The van der Waals surface area contributed by atoms with Crippen molar-refractivity contribution in [3.05, 3.63) is 55.4 Å². The van der Waals surface area contributed by atoms with Gasteiger partial charge in [0.1, 0.15) is 17.2 Å². The molecular weight excluding hydrogens is 432 g/mol. The van der Waals surface area contributed by atoms with E-state index in [9.17, 15) is 9.59 Å². The van der Waals surface area contributed by atoms with E-state index in [2.05, 4.69) is 12.2 Å². The predicted molar refractivity (Wildman–Crippen MR) is 127 cm³/mol. The number of hydrogen-bond acceptors (Lipinski definition) is 5. The van der Waals surface area contributed by atoms with Crippen LogP contribution in [0.3, 0.4) is 0 Å². The molecule has 2 heterocycles. The average Bonchev–Trinajstić information content (AvgIpc) is 3.04. The van der Waals surface area contributed by atoms with Crippen molar-refractivity contribution in [2.45, 2.75) is 46.2 Å². The molecule has 1 amide bonds. The number of hydrogen-bond donors (Lipinski definition) is 1. The average molecular weight is 459 g/mol. The smallest absolute Gasteiger partial charge is 0.263 e. The Morgan fingerprint density at radius 3 is 2.90 bits per heavy atom. The molecule has 0 saturated carbocycles. The molecule has 2 aromatic heterocycles. The molecule has 1 aliphatic rings. The topological polar surface area (TPSA) is 67.2 Å². The molecule has 0 saturated heterocycles. The predicted octanol–water partition coefficient (Wildman–Crippen LogP) is 4.24. The first-order valence-corrected chi connectivity index (χ1v) is 11.7. The third kappa shape index (κ3) is 4.54. The van der Waals surface area contributed by atoms with Crippen molar-refractivity contribution in [1.82, 2.24) is 14.5 Å². The maximum atomic E-state index is 13.6. The Labute approximate surface area is 190 Å². The van der Waals surface area contributed by atoms with Gasteiger partial charge in [0, 0.05) is 15.6 Å². The van der Waals surface area contributed by atoms with Gasteiger partial charge in [0.25, 0.3) is 5.56 Å². The molecule has 0 bridgehead atoms. The van der Waals surface area contributed by atoms with E-state index >= 15 is 0 Å². The standard InChI is InChI=1S/C23H27ClN4O2S/c1-13-5-8-16-18(9-13)31-22-21(16)23(30)28(19(26-22)11-27(3)4)12-20(29)25-17-10-15(24)7-6-14(17)2/h6-7,10,13H,5,8-9,11-12H2,1-4H3,(H,25,29). The number of fused-ring (bicyclic) bond motifs is 3. The molecule has 164 valence electrons. The summed E-state index contributed by atoms with van der Waals surface area (Å²) in [4.78, 5) is 35.3. The summed E-state index contributed by atoms with van der Waals surface area (Å²) in [6.07, 6.45) is 2.97. The molecule has 3 aromatic rings. The molecule has 0 fully saturated rings. The molecule has 31 heavy (non-hydrogen) atoms. The number of carbonyl (C=O) groups excluding carboxylic acids is 1. The molecular formula is C23H27ClN4O2S. The molecule has 0 spiro atoms. The minimum atomic E-state index is -0.272. The van der Waals surface area contributed by atoms with Gasteiger partial charge in [-0.1, -0.05) is 24.6 Å². The number of thiophene rings is 1. The van der Waals surface area contributed by atoms with Crippen molar-refractivity contribution in [2.24, 2.45) is 5.92 Å². The van der Waals surface area contributed by atoms with E-state index in [-0.39, 0.29) is 18.0 Å². The van der Waals surface area contributed by atoms with Crippen molar-refractivity contribution < 1.29 is 4.79 Å². The van der Waals surface area contributed by atoms with Crippen LogP contribution < -0.4 is 10.9 Å². The van der Waals surface area contributed by atoms with Crippen molar-refractivity contribution in [1.29, 1.82) is 0 Å². The second kappa shape index (κ2) is 8.73. The first-order chi connectivity index (χ1) is 14.7. The van der Waals surface area contributed by atoms with Crippen LogP contribution in [-0.2, 0) is 30.7 Å². The van der Waals surface area contributed by atoms with E-state index in [4.69, 9.17) is 16.6 Å².